The van der Waals surface area contributed by atoms with Gasteiger partial charge in [0.1, 0.15) is 12.1 Å². The van der Waals surface area contributed by atoms with Crippen LogP contribution in [-0.4, -0.2) is 90.8 Å². The third-order valence-electron chi connectivity index (χ3n) is 4.57. The number of piperazine rings is 1. The number of nitrogens with zero attached hydrogens (tertiary/aromatic N) is 2. The van der Waals surface area contributed by atoms with Crippen molar-refractivity contribution in [1.29, 1.82) is 0 Å². The van der Waals surface area contributed by atoms with E-state index in [9.17, 15) is 19.3 Å². The van der Waals surface area contributed by atoms with E-state index in [0.717, 1.165) is 0 Å². The number of carboxylic acids is 1. The number of carbonyl (C=O) groups excluding carboxylic acids is 1. The summed E-state index contributed by atoms with van der Waals surface area (Å²) in [5.41, 5.74) is -0.685. The molecule has 2 atom stereocenters. The predicted molar refractivity (Wildman–Crippen MR) is 105 cm³/mol. The van der Waals surface area contributed by atoms with E-state index in [1.807, 2.05) is 7.05 Å². The van der Waals surface area contributed by atoms with Crippen LogP contribution in [0.5, 0.6) is 0 Å². The van der Waals surface area contributed by atoms with Gasteiger partial charge in [-0.25, -0.2) is 9.59 Å². The summed E-state index contributed by atoms with van der Waals surface area (Å²) in [4.78, 5) is 25.5. The van der Waals surface area contributed by atoms with E-state index in [1.165, 1.54) is 4.90 Å². The first-order valence-electron chi connectivity index (χ1n) is 9.79. The third kappa shape index (κ3) is 7.70. The highest BCUT2D eigenvalue weighted by Crippen LogP contribution is 2.48. The minimum Gasteiger partial charge on any atom is -0.480 e. The molecule has 0 aromatic heterocycles. The van der Waals surface area contributed by atoms with E-state index in [2.05, 4.69) is 0 Å². The highest BCUT2D eigenvalue weighted by Gasteiger charge is 2.44. The number of likely N-dealkylation sites (N-methyl/N-ethyl adjacent to an activating group) is 1. The Balaban J connectivity index is 2.74. The van der Waals surface area contributed by atoms with Crippen LogP contribution in [0.25, 0.3) is 0 Å². The normalized spacial score (nSPS) is 23.5. The van der Waals surface area contributed by atoms with Crippen molar-refractivity contribution in [1.82, 2.24) is 4.90 Å². The second-order valence-electron chi connectivity index (χ2n) is 8.30. The number of amides is 1. The van der Waals surface area contributed by atoms with Crippen molar-refractivity contribution in [2.24, 2.45) is 0 Å². The molecule has 0 spiro atoms. The van der Waals surface area contributed by atoms with Crippen LogP contribution in [0.3, 0.4) is 0 Å². The van der Waals surface area contributed by atoms with Crippen molar-refractivity contribution >= 4 is 19.7 Å². The van der Waals surface area contributed by atoms with Crippen molar-refractivity contribution in [2.45, 2.75) is 52.7 Å². The molecule has 10 heteroatoms. The standard InChI is InChI=1S/C18H35N2O7P/c1-7-25-28(24,26-8-2)13-9-11-20(6)12-10-19(15(14-20)16(21)22)17(23)27-18(3,4)5/h15H,7-14H2,1-6H3/p+1/t15-,20?/m1/s1. The number of hydrogen-bond donors (Lipinski definition) is 1. The van der Waals surface area contributed by atoms with Crippen molar-refractivity contribution in [2.75, 3.05) is 52.6 Å². The third-order valence-corrected chi connectivity index (χ3v) is 6.73. The molecule has 9 nitrogen and oxygen atoms in total. The SMILES string of the molecule is CCOP(=O)(CCC[N+]1(C)CCN(C(=O)OC(C)(C)C)[C@@H](C(=O)O)C1)OCC. The highest BCUT2D eigenvalue weighted by atomic mass is 31.2. The fraction of sp³-hybridized carbons (Fsp3) is 0.889. The zero-order valence-electron chi connectivity index (χ0n) is 18.0. The van der Waals surface area contributed by atoms with Crippen molar-refractivity contribution in [3.63, 3.8) is 0 Å². The monoisotopic (exact) mass is 423 g/mol. The molecule has 1 aliphatic heterocycles. The van der Waals surface area contributed by atoms with Gasteiger partial charge in [0.2, 0.25) is 0 Å². The van der Waals surface area contributed by atoms with Gasteiger partial charge in [0.25, 0.3) is 0 Å². The minimum atomic E-state index is -3.11. The zero-order valence-corrected chi connectivity index (χ0v) is 18.9. The second-order valence-corrected chi connectivity index (χ2v) is 10.5. The lowest BCUT2D eigenvalue weighted by Gasteiger charge is -2.45. The van der Waals surface area contributed by atoms with Gasteiger partial charge in [0.05, 0.1) is 46.1 Å². The predicted octanol–water partition coefficient (Wildman–Crippen LogP) is 2.79. The van der Waals surface area contributed by atoms with Crippen LogP contribution in [0.15, 0.2) is 0 Å². The summed E-state index contributed by atoms with van der Waals surface area (Å²) in [6.07, 6.45) is 0.256. The summed E-state index contributed by atoms with van der Waals surface area (Å²) in [6, 6.07) is -0.959. The molecule has 28 heavy (non-hydrogen) atoms. The van der Waals surface area contributed by atoms with Crippen molar-refractivity contribution < 1.29 is 37.5 Å². The number of hydrogen-bond acceptors (Lipinski definition) is 6. The topological polar surface area (TPSA) is 102 Å². The molecule has 0 aromatic rings. The van der Waals surface area contributed by atoms with Crippen LogP contribution >= 0.6 is 7.60 Å². The van der Waals surface area contributed by atoms with Gasteiger partial charge in [-0.15, -0.1) is 0 Å². The molecule has 0 bridgehead atoms. The van der Waals surface area contributed by atoms with Gasteiger partial charge < -0.3 is 23.4 Å². The maximum Gasteiger partial charge on any atom is 0.411 e. The van der Waals surface area contributed by atoms with E-state index in [0.29, 0.717) is 37.2 Å². The Labute approximate surface area is 168 Å². The molecule has 0 aromatic carbocycles. The summed E-state index contributed by atoms with van der Waals surface area (Å²) in [6.45, 7) is 11.2. The van der Waals surface area contributed by atoms with Crippen molar-refractivity contribution in [3.05, 3.63) is 0 Å². The lowest BCUT2D eigenvalue weighted by Crippen LogP contribution is -2.65. The fourth-order valence-corrected chi connectivity index (χ4v) is 4.92. The Hall–Kier alpha value is -1.15. The first-order chi connectivity index (χ1) is 12.8. The van der Waals surface area contributed by atoms with Crippen LogP contribution in [0.1, 0.15) is 41.0 Å². The Kier molecular flexibility index (Phi) is 8.93. The van der Waals surface area contributed by atoms with E-state index in [-0.39, 0.29) is 19.3 Å². The highest BCUT2D eigenvalue weighted by molar-refractivity contribution is 7.53. The molecule has 1 rings (SSSR count). The van der Waals surface area contributed by atoms with E-state index >= 15 is 0 Å². The number of carboxylic acid groups (broad SMARTS) is 1. The number of ether oxygens (including phenoxy) is 1. The lowest BCUT2D eigenvalue weighted by molar-refractivity contribution is -0.915. The number of carbonyl (C=O) groups is 2. The molecule has 1 unspecified atom stereocenters. The van der Waals surface area contributed by atoms with E-state index in [4.69, 9.17) is 13.8 Å². The molecule has 1 heterocycles. The van der Waals surface area contributed by atoms with Gasteiger partial charge in [0, 0.05) is 6.42 Å². The number of aliphatic carboxylic acids is 1. The Morgan fingerprint density at radius 3 is 2.25 bits per heavy atom. The van der Waals surface area contributed by atoms with Gasteiger partial charge >= 0.3 is 19.7 Å². The van der Waals surface area contributed by atoms with Crippen molar-refractivity contribution in [3.8, 4) is 0 Å². The average molecular weight is 423 g/mol. The Morgan fingerprint density at radius 1 is 1.21 bits per heavy atom. The summed E-state index contributed by atoms with van der Waals surface area (Å²) in [5.74, 6) is -1.05. The smallest absolute Gasteiger partial charge is 0.411 e. The molecule has 1 aliphatic rings. The maximum atomic E-state index is 12.6. The van der Waals surface area contributed by atoms with Gasteiger partial charge in [0.15, 0.2) is 6.04 Å². The van der Waals surface area contributed by atoms with E-state index < -0.39 is 31.3 Å². The first kappa shape index (κ1) is 24.9. The summed E-state index contributed by atoms with van der Waals surface area (Å²) >= 11 is 0. The molecule has 1 N–H and O–H groups in total. The molecule has 1 fully saturated rings. The molecule has 1 amide bonds. The van der Waals surface area contributed by atoms with Crippen LogP contribution in [0.4, 0.5) is 4.79 Å². The first-order valence-corrected chi connectivity index (χ1v) is 11.5. The number of quaternary nitrogens is 1. The molecule has 0 radical (unpaired) electrons. The second kappa shape index (κ2) is 10.1. The lowest BCUT2D eigenvalue weighted by atomic mass is 10.1. The molecule has 164 valence electrons. The summed E-state index contributed by atoms with van der Waals surface area (Å²) in [5, 5.41) is 9.64. The molecule has 0 aliphatic carbocycles. The average Bonchev–Trinajstić information content (AvgIpc) is 2.53. The van der Waals surface area contributed by atoms with Gasteiger partial charge in [-0.1, -0.05) is 0 Å². The Bertz CT molecular complexity index is 583. The van der Waals surface area contributed by atoms with Crippen LogP contribution in [0, 0.1) is 0 Å². The van der Waals surface area contributed by atoms with Gasteiger partial charge in [-0.3, -0.25) is 9.46 Å². The summed E-state index contributed by atoms with van der Waals surface area (Å²) < 4.78 is 29.0. The Morgan fingerprint density at radius 2 is 1.79 bits per heavy atom. The van der Waals surface area contributed by atoms with Crippen LogP contribution in [0.2, 0.25) is 0 Å². The number of rotatable bonds is 9. The maximum absolute atomic E-state index is 12.6. The summed E-state index contributed by atoms with van der Waals surface area (Å²) in [7, 11) is -1.16. The molecular weight excluding hydrogens is 387 g/mol. The van der Waals surface area contributed by atoms with Crippen LogP contribution < -0.4 is 0 Å². The molecule has 1 saturated heterocycles. The molecular formula is C18H36N2O7P+. The quantitative estimate of drug-likeness (QED) is 0.449. The van der Waals surface area contributed by atoms with Crippen LogP contribution in [-0.2, 0) is 23.1 Å². The van der Waals surface area contributed by atoms with Gasteiger partial charge in [-0.2, -0.15) is 0 Å². The largest absolute Gasteiger partial charge is 0.480 e. The fourth-order valence-electron chi connectivity index (χ4n) is 3.27. The molecule has 0 saturated carbocycles. The van der Waals surface area contributed by atoms with E-state index in [1.54, 1.807) is 34.6 Å². The van der Waals surface area contributed by atoms with Gasteiger partial charge in [-0.05, 0) is 34.6 Å². The minimum absolute atomic E-state index is 0.266. The zero-order chi connectivity index (χ0) is 21.6.